The molecule has 0 saturated heterocycles. The van der Waals surface area contributed by atoms with E-state index in [9.17, 15) is 8.78 Å². The summed E-state index contributed by atoms with van der Waals surface area (Å²) in [5.41, 5.74) is 6.54. The summed E-state index contributed by atoms with van der Waals surface area (Å²) in [6.07, 6.45) is 0. The second kappa shape index (κ2) is 5.13. The molecule has 0 aliphatic heterocycles. The van der Waals surface area contributed by atoms with Crippen LogP contribution in [-0.2, 0) is 5.41 Å². The van der Waals surface area contributed by atoms with E-state index in [1.54, 1.807) is 0 Å². The number of nitrogen functional groups attached to an aromatic ring is 1. The summed E-state index contributed by atoms with van der Waals surface area (Å²) in [5.74, 6) is -0.0844. The van der Waals surface area contributed by atoms with Gasteiger partial charge in [-0.2, -0.15) is 0 Å². The molecule has 0 amide bonds. The Kier molecular flexibility index (Phi) is 3.78. The molecule has 0 aliphatic carbocycles. The van der Waals surface area contributed by atoms with Crippen molar-refractivity contribution in [2.24, 2.45) is 0 Å². The summed E-state index contributed by atoms with van der Waals surface area (Å²) in [5, 5.41) is 0. The van der Waals surface area contributed by atoms with Crippen LogP contribution >= 0.6 is 0 Å². The number of rotatable bonds is 2. The van der Waals surface area contributed by atoms with Crippen molar-refractivity contribution in [3.63, 3.8) is 0 Å². The fraction of sp³-hybridized carbons (Fsp3) is 0.438. The lowest BCUT2D eigenvalue weighted by molar-refractivity contribution is 0.473. The Morgan fingerprint density at radius 3 is 2.24 bits per heavy atom. The molecule has 0 spiro atoms. The van der Waals surface area contributed by atoms with Gasteiger partial charge in [0.15, 0.2) is 0 Å². The SMILES string of the molecule is CC(C)n1c(C(C)(C)C)nc(-c2ccc(F)cc2F)c1N. The van der Waals surface area contributed by atoms with Crippen molar-refractivity contribution in [3.05, 3.63) is 35.7 Å². The number of halogens is 2. The standard InChI is InChI=1S/C16H21F2N3/c1-9(2)21-14(19)13(20-15(21)16(3,4)5)11-7-6-10(17)8-12(11)18/h6-9H,19H2,1-5H3. The third-order valence-electron chi connectivity index (χ3n) is 3.32. The third kappa shape index (κ3) is 2.77. The van der Waals surface area contributed by atoms with E-state index in [2.05, 4.69) is 4.98 Å². The summed E-state index contributed by atoms with van der Waals surface area (Å²) < 4.78 is 29.0. The van der Waals surface area contributed by atoms with E-state index in [0.717, 1.165) is 11.9 Å². The first kappa shape index (κ1) is 15.5. The molecule has 1 heterocycles. The van der Waals surface area contributed by atoms with Gasteiger partial charge in [-0.3, -0.25) is 0 Å². The van der Waals surface area contributed by atoms with Crippen LogP contribution in [0.1, 0.15) is 46.5 Å². The maximum Gasteiger partial charge on any atom is 0.135 e. The molecule has 0 radical (unpaired) electrons. The molecular weight excluding hydrogens is 272 g/mol. The minimum Gasteiger partial charge on any atom is -0.383 e. The van der Waals surface area contributed by atoms with E-state index < -0.39 is 11.6 Å². The van der Waals surface area contributed by atoms with E-state index in [1.807, 2.05) is 39.2 Å². The van der Waals surface area contributed by atoms with E-state index in [-0.39, 0.29) is 17.0 Å². The first-order chi connectivity index (χ1) is 9.62. The molecule has 2 aromatic rings. The zero-order chi connectivity index (χ0) is 15.9. The Balaban J connectivity index is 2.71. The number of nitrogens with two attached hydrogens (primary N) is 1. The van der Waals surface area contributed by atoms with Gasteiger partial charge in [0.2, 0.25) is 0 Å². The lowest BCUT2D eigenvalue weighted by atomic mass is 9.95. The molecule has 0 aliphatic rings. The van der Waals surface area contributed by atoms with E-state index in [4.69, 9.17) is 5.73 Å². The lowest BCUT2D eigenvalue weighted by Gasteiger charge is -2.22. The number of imidazole rings is 1. The van der Waals surface area contributed by atoms with Gasteiger partial charge in [-0.05, 0) is 26.0 Å². The summed E-state index contributed by atoms with van der Waals surface area (Å²) in [6.45, 7) is 10.1. The minimum absolute atomic E-state index is 0.101. The monoisotopic (exact) mass is 293 g/mol. The van der Waals surface area contributed by atoms with Crippen molar-refractivity contribution >= 4 is 5.82 Å². The number of anilines is 1. The van der Waals surface area contributed by atoms with Crippen LogP contribution in [-0.4, -0.2) is 9.55 Å². The zero-order valence-corrected chi connectivity index (χ0v) is 13.0. The Hall–Kier alpha value is -1.91. The van der Waals surface area contributed by atoms with Crippen LogP contribution in [0.2, 0.25) is 0 Å². The first-order valence-corrected chi connectivity index (χ1v) is 6.96. The molecule has 0 unspecified atom stereocenters. The van der Waals surface area contributed by atoms with Crippen molar-refractivity contribution in [1.82, 2.24) is 9.55 Å². The predicted molar refractivity (Wildman–Crippen MR) is 81.1 cm³/mol. The topological polar surface area (TPSA) is 43.8 Å². The second-order valence-electron chi connectivity index (χ2n) is 6.51. The summed E-state index contributed by atoms with van der Waals surface area (Å²) >= 11 is 0. The smallest absolute Gasteiger partial charge is 0.135 e. The van der Waals surface area contributed by atoms with Crippen LogP contribution in [0.3, 0.4) is 0 Å². The second-order valence-corrected chi connectivity index (χ2v) is 6.51. The van der Waals surface area contributed by atoms with Crippen LogP contribution in [0, 0.1) is 11.6 Å². The summed E-state index contributed by atoms with van der Waals surface area (Å²) in [6, 6.07) is 3.53. The molecule has 0 fully saturated rings. The van der Waals surface area contributed by atoms with Crippen LogP contribution in [0.5, 0.6) is 0 Å². The average molecular weight is 293 g/mol. The maximum absolute atomic E-state index is 14.0. The largest absolute Gasteiger partial charge is 0.383 e. The quantitative estimate of drug-likeness (QED) is 0.897. The highest BCUT2D eigenvalue weighted by Gasteiger charge is 2.27. The Labute approximate surface area is 123 Å². The number of hydrogen-bond acceptors (Lipinski definition) is 2. The molecule has 21 heavy (non-hydrogen) atoms. The number of nitrogens with zero attached hydrogens (tertiary/aromatic N) is 2. The highest BCUT2D eigenvalue weighted by atomic mass is 19.1. The van der Waals surface area contributed by atoms with E-state index >= 15 is 0 Å². The highest BCUT2D eigenvalue weighted by molar-refractivity contribution is 5.72. The van der Waals surface area contributed by atoms with Gasteiger partial charge in [0.05, 0.1) is 0 Å². The fourth-order valence-corrected chi connectivity index (χ4v) is 2.38. The molecule has 3 nitrogen and oxygen atoms in total. The molecule has 2 rings (SSSR count). The summed E-state index contributed by atoms with van der Waals surface area (Å²) in [4.78, 5) is 4.54. The Bertz CT molecular complexity index is 667. The Morgan fingerprint density at radius 2 is 1.81 bits per heavy atom. The molecular formula is C16H21F2N3. The number of hydrogen-bond donors (Lipinski definition) is 1. The first-order valence-electron chi connectivity index (χ1n) is 6.96. The van der Waals surface area contributed by atoms with Crippen LogP contribution in [0.15, 0.2) is 18.2 Å². The third-order valence-corrected chi connectivity index (χ3v) is 3.32. The fourth-order valence-electron chi connectivity index (χ4n) is 2.38. The van der Waals surface area contributed by atoms with Gasteiger partial charge in [-0.15, -0.1) is 0 Å². The normalized spacial score (nSPS) is 12.2. The van der Waals surface area contributed by atoms with E-state index in [0.29, 0.717) is 11.5 Å². The molecule has 114 valence electrons. The predicted octanol–water partition coefficient (Wildman–Crippen LogP) is 4.29. The van der Waals surface area contributed by atoms with Crippen LogP contribution in [0.25, 0.3) is 11.3 Å². The average Bonchev–Trinajstić information content (AvgIpc) is 2.67. The van der Waals surface area contributed by atoms with E-state index in [1.165, 1.54) is 12.1 Å². The number of aromatic nitrogens is 2. The van der Waals surface area contributed by atoms with Crippen molar-refractivity contribution in [1.29, 1.82) is 0 Å². The van der Waals surface area contributed by atoms with Crippen molar-refractivity contribution in [2.45, 2.75) is 46.1 Å². The Morgan fingerprint density at radius 1 is 1.19 bits per heavy atom. The molecule has 0 atom stereocenters. The van der Waals surface area contributed by atoms with Crippen LogP contribution < -0.4 is 5.73 Å². The van der Waals surface area contributed by atoms with Gasteiger partial charge in [0.25, 0.3) is 0 Å². The molecule has 1 aromatic heterocycles. The zero-order valence-electron chi connectivity index (χ0n) is 13.0. The maximum atomic E-state index is 14.0. The van der Waals surface area contributed by atoms with Gasteiger partial charge < -0.3 is 10.3 Å². The van der Waals surface area contributed by atoms with Crippen molar-refractivity contribution in [3.8, 4) is 11.3 Å². The molecule has 1 aromatic carbocycles. The van der Waals surface area contributed by atoms with Crippen LogP contribution in [0.4, 0.5) is 14.6 Å². The van der Waals surface area contributed by atoms with Gasteiger partial charge in [-0.25, -0.2) is 13.8 Å². The van der Waals surface area contributed by atoms with Crippen molar-refractivity contribution < 1.29 is 8.78 Å². The molecule has 5 heteroatoms. The molecule has 0 saturated carbocycles. The molecule has 2 N–H and O–H groups in total. The lowest BCUT2D eigenvalue weighted by Crippen LogP contribution is -2.21. The van der Waals surface area contributed by atoms with Gasteiger partial charge >= 0.3 is 0 Å². The number of benzene rings is 1. The van der Waals surface area contributed by atoms with Gasteiger partial charge in [0.1, 0.15) is 29.0 Å². The van der Waals surface area contributed by atoms with Gasteiger partial charge in [0, 0.05) is 23.1 Å². The summed E-state index contributed by atoms with van der Waals surface area (Å²) in [7, 11) is 0. The molecule has 0 bridgehead atoms. The minimum atomic E-state index is -0.657. The highest BCUT2D eigenvalue weighted by Crippen LogP contribution is 2.35. The van der Waals surface area contributed by atoms with Crippen molar-refractivity contribution in [2.75, 3.05) is 5.73 Å². The van der Waals surface area contributed by atoms with Gasteiger partial charge in [-0.1, -0.05) is 20.8 Å².